The van der Waals surface area contributed by atoms with E-state index in [0.717, 1.165) is 10.7 Å². The van der Waals surface area contributed by atoms with Crippen LogP contribution in [0.5, 0.6) is 0 Å². The van der Waals surface area contributed by atoms with Crippen LogP contribution in [0.2, 0.25) is 0 Å². The molecule has 0 aliphatic rings. The van der Waals surface area contributed by atoms with Crippen molar-refractivity contribution >= 4 is 23.1 Å². The first-order valence-electron chi connectivity index (χ1n) is 5.04. The number of nitrogens with zero attached hydrogens (tertiary/aromatic N) is 2. The molecule has 0 aromatic carbocycles. The maximum Gasteiger partial charge on any atom is 0.302 e. The normalized spacial score (nSPS) is 6.67. The second-order valence-corrected chi connectivity index (χ2v) is 3.44. The Balaban J connectivity index is -0.0000000576. The fourth-order valence-electron chi connectivity index (χ4n) is 0.740. The summed E-state index contributed by atoms with van der Waals surface area (Å²) in [4.78, 5) is 49.8. The molecule has 0 aliphatic carbocycles. The quantitative estimate of drug-likeness (QED) is 0.319. The van der Waals surface area contributed by atoms with E-state index in [1.807, 2.05) is 0 Å². The molecular weight excluding hydrogens is 335 g/mol. The SMILES string of the molecule is CC(=[OH+])CC(C)=[OH+].CC(=[OH+])CC(C)=[OH+].O=N[O-].O=N[O-].[Co]. The summed E-state index contributed by atoms with van der Waals surface area (Å²) < 4.78 is 0. The van der Waals surface area contributed by atoms with E-state index in [0.29, 0.717) is 12.8 Å². The molecule has 0 heterocycles. The van der Waals surface area contributed by atoms with Crippen molar-refractivity contribution in [3.63, 3.8) is 0 Å². The van der Waals surface area contributed by atoms with Crippen molar-refractivity contribution in [1.82, 2.24) is 0 Å². The Morgan fingerprint density at radius 1 is 0.714 bits per heavy atom. The van der Waals surface area contributed by atoms with Crippen molar-refractivity contribution in [2.45, 2.75) is 40.5 Å². The van der Waals surface area contributed by atoms with Crippen LogP contribution in [0.3, 0.4) is 0 Å². The largest absolute Gasteiger partial charge is 0.444 e. The van der Waals surface area contributed by atoms with E-state index in [1.54, 1.807) is 27.7 Å². The summed E-state index contributed by atoms with van der Waals surface area (Å²) in [7, 11) is 0. The fourth-order valence-corrected chi connectivity index (χ4v) is 0.740. The summed E-state index contributed by atoms with van der Waals surface area (Å²) in [6, 6.07) is 0. The first-order valence-corrected chi connectivity index (χ1v) is 5.04. The van der Waals surface area contributed by atoms with Crippen LogP contribution in [-0.2, 0) is 16.8 Å². The first-order chi connectivity index (χ1) is 9.08. The molecule has 0 rings (SSSR count). The first kappa shape index (κ1) is 31.4. The number of hydrogen-bond donors (Lipinski definition) is 0. The van der Waals surface area contributed by atoms with Gasteiger partial charge < -0.3 is 20.2 Å². The zero-order chi connectivity index (χ0) is 17.1. The number of carbonyl (C=O) groups excluding carboxylic acids is 4. The van der Waals surface area contributed by atoms with Crippen LogP contribution in [0, 0.1) is 20.2 Å². The zero-order valence-corrected chi connectivity index (χ0v) is 13.1. The Bertz CT molecular complexity index is 277. The predicted octanol–water partition coefficient (Wildman–Crippen LogP) is 1.51. The third-order valence-corrected chi connectivity index (χ3v) is 1.02. The van der Waals surface area contributed by atoms with Crippen LogP contribution in [0.4, 0.5) is 0 Å². The van der Waals surface area contributed by atoms with Gasteiger partial charge in [-0.25, -0.2) is 0 Å². The molecule has 0 aliphatic heterocycles. The number of rotatable bonds is 4. The number of hydrogen-bond acceptors (Lipinski definition) is 6. The van der Waals surface area contributed by atoms with Gasteiger partial charge in [-0.2, -0.15) is 0 Å². The molecule has 0 amide bonds. The van der Waals surface area contributed by atoms with Crippen molar-refractivity contribution in [2.24, 2.45) is 10.7 Å². The van der Waals surface area contributed by atoms with E-state index in [9.17, 15) is 0 Å². The average Bonchev–Trinajstić information content (AvgIpc) is 2.15. The maximum atomic E-state index is 8.46. The van der Waals surface area contributed by atoms with Crippen LogP contribution < -0.4 is 0 Å². The molecule has 4 N–H and O–H groups in total. The van der Waals surface area contributed by atoms with Crippen LogP contribution in [-0.4, -0.2) is 42.3 Å². The van der Waals surface area contributed by atoms with Gasteiger partial charge in [0.1, 0.15) is 0 Å². The molecule has 0 atom stereocenters. The fraction of sp³-hybridized carbons (Fsp3) is 0.600. The summed E-state index contributed by atoms with van der Waals surface area (Å²) in [5.41, 5.74) is 0. The molecule has 0 bridgehead atoms. The predicted molar refractivity (Wildman–Crippen MR) is 78.0 cm³/mol. The Labute approximate surface area is 131 Å². The summed E-state index contributed by atoms with van der Waals surface area (Å²) in [5, 5.41) is 18.0. The monoisotopic (exact) mass is 355 g/mol. The third kappa shape index (κ3) is 128. The molecule has 0 fully saturated rings. The Kier molecular flexibility index (Phi) is 39.7. The smallest absolute Gasteiger partial charge is 0.302 e. The van der Waals surface area contributed by atoms with Gasteiger partial charge in [0.05, 0.1) is 0 Å². The van der Waals surface area contributed by atoms with Gasteiger partial charge in [0, 0.05) is 44.5 Å². The molecule has 125 valence electrons. The molecule has 21 heavy (non-hydrogen) atoms. The number of ketones is 4. The van der Waals surface area contributed by atoms with Crippen LogP contribution in [0.1, 0.15) is 40.5 Å². The van der Waals surface area contributed by atoms with Gasteiger partial charge in [-0.1, -0.05) is 0 Å². The minimum absolute atomic E-state index is 0. The summed E-state index contributed by atoms with van der Waals surface area (Å²) in [5.74, 6) is 1.00. The molecule has 0 spiro atoms. The van der Waals surface area contributed by atoms with Gasteiger partial charge >= 0.3 is 23.1 Å². The second-order valence-electron chi connectivity index (χ2n) is 3.44. The van der Waals surface area contributed by atoms with Crippen LogP contribution in [0.25, 0.3) is 0 Å². The minimum atomic E-state index is 0. The molecule has 10 nitrogen and oxygen atoms in total. The molecule has 0 aromatic heterocycles. The molecular formula is C10H20CoN2O8+2. The zero-order valence-electron chi connectivity index (χ0n) is 12.1. The molecule has 1 radical (unpaired) electrons. The average molecular weight is 355 g/mol. The Morgan fingerprint density at radius 2 is 0.810 bits per heavy atom. The van der Waals surface area contributed by atoms with Crippen molar-refractivity contribution in [2.75, 3.05) is 0 Å². The summed E-state index contributed by atoms with van der Waals surface area (Å²) in [6.45, 7) is 6.22. The van der Waals surface area contributed by atoms with E-state index in [1.165, 1.54) is 0 Å². The third-order valence-electron chi connectivity index (χ3n) is 1.02. The Hall–Kier alpha value is -2.01. The summed E-state index contributed by atoms with van der Waals surface area (Å²) in [6.07, 6.45) is 0.611. The van der Waals surface area contributed by atoms with E-state index in [-0.39, 0.29) is 39.9 Å². The van der Waals surface area contributed by atoms with Crippen molar-refractivity contribution < 1.29 is 36.0 Å². The molecule has 0 saturated heterocycles. The minimum Gasteiger partial charge on any atom is -0.444 e. The van der Waals surface area contributed by atoms with E-state index in [4.69, 9.17) is 39.4 Å². The molecule has 0 aromatic rings. The second kappa shape index (κ2) is 26.5. The van der Waals surface area contributed by atoms with Crippen LogP contribution >= 0.6 is 0 Å². The van der Waals surface area contributed by atoms with Crippen molar-refractivity contribution in [1.29, 1.82) is 0 Å². The molecule has 0 unspecified atom stereocenters. The summed E-state index contributed by atoms with van der Waals surface area (Å²) >= 11 is 0. The van der Waals surface area contributed by atoms with E-state index in [2.05, 4.69) is 0 Å². The topological polar surface area (TPSA) is 191 Å². The maximum absolute atomic E-state index is 8.46. The van der Waals surface area contributed by atoms with Gasteiger partial charge in [0.15, 0.2) is 12.8 Å². The van der Waals surface area contributed by atoms with Crippen molar-refractivity contribution in [3.8, 4) is 0 Å². The van der Waals surface area contributed by atoms with Gasteiger partial charge in [-0.15, -0.1) is 10.7 Å². The van der Waals surface area contributed by atoms with Gasteiger partial charge in [-0.05, 0) is 0 Å². The Morgan fingerprint density at radius 3 is 0.810 bits per heavy atom. The van der Waals surface area contributed by atoms with E-state index < -0.39 is 0 Å². The van der Waals surface area contributed by atoms with E-state index >= 15 is 0 Å². The van der Waals surface area contributed by atoms with Crippen molar-refractivity contribution in [3.05, 3.63) is 20.2 Å². The standard InChI is InChI=1S/2C5H8O2.Co.2HNO2/c2*1-4(6)3-5(2)7;;2*2-1-3/h2*3H2,1-2H3;;2*(H,2,3)/p+2. The van der Waals surface area contributed by atoms with Gasteiger partial charge in [-0.3, -0.25) is 19.2 Å². The molecule has 0 saturated carbocycles. The van der Waals surface area contributed by atoms with Gasteiger partial charge in [0.2, 0.25) is 0 Å². The van der Waals surface area contributed by atoms with Gasteiger partial charge in [0.25, 0.3) is 0 Å². The molecule has 11 heteroatoms. The van der Waals surface area contributed by atoms with Crippen LogP contribution in [0.15, 0.2) is 10.7 Å².